The van der Waals surface area contributed by atoms with Crippen LogP contribution in [-0.4, -0.2) is 26.3 Å². The van der Waals surface area contributed by atoms with Gasteiger partial charge in [-0.2, -0.15) is 0 Å². The fraction of sp³-hybridized carbons (Fsp3) is 0.364. The third-order valence-corrected chi connectivity index (χ3v) is 1.99. The molecule has 0 heterocycles. The van der Waals surface area contributed by atoms with Crippen LogP contribution in [0.2, 0.25) is 0 Å². The molecule has 0 aliphatic carbocycles. The molecule has 2 amide bonds. The van der Waals surface area contributed by atoms with E-state index in [1.807, 2.05) is 31.2 Å². The van der Waals surface area contributed by atoms with Crippen molar-refractivity contribution in [2.24, 2.45) is 0 Å². The van der Waals surface area contributed by atoms with Gasteiger partial charge in [-0.25, -0.2) is 4.79 Å². The van der Waals surface area contributed by atoms with Crippen LogP contribution in [0, 0.1) is 6.92 Å². The Labute approximate surface area is 89.6 Å². The lowest BCUT2D eigenvalue weighted by atomic mass is 10.2. The Bertz CT molecular complexity index is 326. The number of benzene rings is 1. The maximum atomic E-state index is 11.4. The van der Waals surface area contributed by atoms with Gasteiger partial charge in [0.15, 0.2) is 0 Å². The molecule has 0 radical (unpaired) electrons. The zero-order chi connectivity index (χ0) is 11.1. The van der Waals surface area contributed by atoms with E-state index in [-0.39, 0.29) is 6.03 Å². The van der Waals surface area contributed by atoms with Crippen molar-refractivity contribution in [3.05, 3.63) is 29.8 Å². The average molecular weight is 208 g/mol. The first kappa shape index (κ1) is 11.5. The van der Waals surface area contributed by atoms with Crippen LogP contribution in [0.15, 0.2) is 24.3 Å². The van der Waals surface area contributed by atoms with Crippen LogP contribution in [0.25, 0.3) is 0 Å². The number of methoxy groups -OCH3 is 1. The number of amides is 2. The predicted octanol–water partition coefficient (Wildman–Crippen LogP) is 1.76. The topological polar surface area (TPSA) is 50.4 Å². The summed E-state index contributed by atoms with van der Waals surface area (Å²) in [5.41, 5.74) is 1.87. The highest BCUT2D eigenvalue weighted by atomic mass is 16.5. The Morgan fingerprint density at radius 2 is 2.13 bits per heavy atom. The van der Waals surface area contributed by atoms with E-state index in [0.29, 0.717) is 13.2 Å². The smallest absolute Gasteiger partial charge is 0.319 e. The highest BCUT2D eigenvalue weighted by Crippen LogP contribution is 2.12. The van der Waals surface area contributed by atoms with Gasteiger partial charge in [-0.15, -0.1) is 0 Å². The van der Waals surface area contributed by atoms with Gasteiger partial charge in [-0.1, -0.05) is 18.2 Å². The van der Waals surface area contributed by atoms with E-state index in [9.17, 15) is 4.79 Å². The van der Waals surface area contributed by atoms with E-state index in [2.05, 4.69) is 10.6 Å². The Morgan fingerprint density at radius 1 is 1.40 bits per heavy atom. The van der Waals surface area contributed by atoms with E-state index in [1.165, 1.54) is 0 Å². The van der Waals surface area contributed by atoms with Crippen molar-refractivity contribution in [2.75, 3.05) is 25.6 Å². The number of rotatable bonds is 4. The molecule has 4 nitrogen and oxygen atoms in total. The molecule has 0 saturated heterocycles. The molecule has 1 aromatic carbocycles. The van der Waals surface area contributed by atoms with Gasteiger partial charge in [0.1, 0.15) is 0 Å². The molecule has 0 aromatic heterocycles. The summed E-state index contributed by atoms with van der Waals surface area (Å²) in [5.74, 6) is 0. The molecule has 15 heavy (non-hydrogen) atoms. The van der Waals surface area contributed by atoms with Crippen LogP contribution >= 0.6 is 0 Å². The van der Waals surface area contributed by atoms with Crippen LogP contribution < -0.4 is 10.6 Å². The molecular weight excluding hydrogens is 192 g/mol. The van der Waals surface area contributed by atoms with Crippen LogP contribution in [-0.2, 0) is 4.74 Å². The summed E-state index contributed by atoms with van der Waals surface area (Å²) in [6.45, 7) is 2.97. The lowest BCUT2D eigenvalue weighted by Crippen LogP contribution is -2.31. The summed E-state index contributed by atoms with van der Waals surface area (Å²) in [7, 11) is 1.60. The number of hydrogen-bond acceptors (Lipinski definition) is 2. The quantitative estimate of drug-likeness (QED) is 0.741. The van der Waals surface area contributed by atoms with Crippen molar-refractivity contribution in [3.63, 3.8) is 0 Å². The number of hydrogen-bond donors (Lipinski definition) is 2. The van der Waals surface area contributed by atoms with Crippen LogP contribution in [0.3, 0.4) is 0 Å². The third-order valence-electron chi connectivity index (χ3n) is 1.99. The molecule has 0 spiro atoms. The number of carbonyl (C=O) groups excluding carboxylic acids is 1. The molecule has 0 bridgehead atoms. The van der Waals surface area contributed by atoms with Gasteiger partial charge in [-0.05, 0) is 18.6 Å². The minimum Gasteiger partial charge on any atom is -0.383 e. The first-order chi connectivity index (χ1) is 7.24. The molecule has 0 aliphatic heterocycles. The Balaban J connectivity index is 2.41. The number of aryl methyl sites for hydroxylation is 1. The Morgan fingerprint density at radius 3 is 2.80 bits per heavy atom. The van der Waals surface area contributed by atoms with Gasteiger partial charge >= 0.3 is 6.03 Å². The zero-order valence-corrected chi connectivity index (χ0v) is 9.04. The first-order valence-corrected chi connectivity index (χ1v) is 4.83. The van der Waals surface area contributed by atoms with Crippen molar-refractivity contribution in [1.29, 1.82) is 0 Å². The van der Waals surface area contributed by atoms with Crippen LogP contribution in [0.1, 0.15) is 5.56 Å². The Hall–Kier alpha value is -1.55. The molecule has 0 fully saturated rings. The summed E-state index contributed by atoms with van der Waals surface area (Å²) < 4.78 is 4.82. The fourth-order valence-corrected chi connectivity index (χ4v) is 1.15. The molecule has 1 rings (SSSR count). The van der Waals surface area contributed by atoms with E-state index < -0.39 is 0 Å². The number of anilines is 1. The summed E-state index contributed by atoms with van der Waals surface area (Å²) in [6, 6.07) is 7.43. The zero-order valence-electron chi connectivity index (χ0n) is 9.04. The fourth-order valence-electron chi connectivity index (χ4n) is 1.15. The van der Waals surface area contributed by atoms with Crippen molar-refractivity contribution in [3.8, 4) is 0 Å². The minimum absolute atomic E-state index is 0.207. The molecule has 0 aliphatic rings. The number of carbonyl (C=O) groups is 1. The first-order valence-electron chi connectivity index (χ1n) is 4.83. The van der Waals surface area contributed by atoms with Crippen molar-refractivity contribution < 1.29 is 9.53 Å². The van der Waals surface area contributed by atoms with E-state index in [1.54, 1.807) is 7.11 Å². The molecule has 2 N–H and O–H groups in total. The summed E-state index contributed by atoms with van der Waals surface area (Å²) >= 11 is 0. The summed E-state index contributed by atoms with van der Waals surface area (Å²) in [6.07, 6.45) is 0. The molecule has 4 heteroatoms. The summed E-state index contributed by atoms with van der Waals surface area (Å²) in [4.78, 5) is 11.4. The van der Waals surface area contributed by atoms with Gasteiger partial charge < -0.3 is 15.4 Å². The van der Waals surface area contributed by atoms with Crippen molar-refractivity contribution >= 4 is 11.7 Å². The number of para-hydroxylation sites is 1. The monoisotopic (exact) mass is 208 g/mol. The van der Waals surface area contributed by atoms with Crippen LogP contribution in [0.5, 0.6) is 0 Å². The minimum atomic E-state index is -0.207. The Kier molecular flexibility index (Phi) is 4.63. The highest BCUT2D eigenvalue weighted by molar-refractivity contribution is 5.89. The maximum absolute atomic E-state index is 11.4. The number of nitrogens with one attached hydrogen (secondary N) is 2. The number of ether oxygens (including phenoxy) is 1. The van der Waals surface area contributed by atoms with Gasteiger partial charge in [-0.3, -0.25) is 0 Å². The van der Waals surface area contributed by atoms with Gasteiger partial charge in [0, 0.05) is 19.3 Å². The largest absolute Gasteiger partial charge is 0.383 e. The SMILES string of the molecule is COCCNC(=O)Nc1ccccc1C. The molecular formula is C11H16N2O2. The average Bonchev–Trinajstić information content (AvgIpc) is 2.22. The second kappa shape index (κ2) is 6.03. The van der Waals surface area contributed by atoms with Gasteiger partial charge in [0.2, 0.25) is 0 Å². The lowest BCUT2D eigenvalue weighted by Gasteiger charge is -2.08. The normalized spacial score (nSPS) is 9.73. The van der Waals surface area contributed by atoms with Crippen molar-refractivity contribution in [2.45, 2.75) is 6.92 Å². The third kappa shape index (κ3) is 3.99. The second-order valence-corrected chi connectivity index (χ2v) is 3.19. The second-order valence-electron chi connectivity index (χ2n) is 3.19. The molecule has 0 unspecified atom stereocenters. The van der Waals surface area contributed by atoms with Crippen LogP contribution in [0.4, 0.5) is 10.5 Å². The highest BCUT2D eigenvalue weighted by Gasteiger charge is 2.01. The standard InChI is InChI=1S/C11H16N2O2/c1-9-5-3-4-6-10(9)13-11(14)12-7-8-15-2/h3-6H,7-8H2,1-2H3,(H2,12,13,14). The van der Waals surface area contributed by atoms with E-state index >= 15 is 0 Å². The van der Waals surface area contributed by atoms with E-state index in [0.717, 1.165) is 11.3 Å². The van der Waals surface area contributed by atoms with E-state index in [4.69, 9.17) is 4.74 Å². The van der Waals surface area contributed by atoms with Gasteiger partial charge in [0.05, 0.1) is 6.61 Å². The molecule has 1 aromatic rings. The van der Waals surface area contributed by atoms with Gasteiger partial charge in [0.25, 0.3) is 0 Å². The summed E-state index contributed by atoms with van der Waals surface area (Å²) in [5, 5.41) is 5.45. The predicted molar refractivity (Wildman–Crippen MR) is 60.1 cm³/mol. The number of urea groups is 1. The molecule has 0 saturated carbocycles. The maximum Gasteiger partial charge on any atom is 0.319 e. The molecule has 82 valence electrons. The molecule has 0 atom stereocenters. The lowest BCUT2D eigenvalue weighted by molar-refractivity contribution is 0.198. The van der Waals surface area contributed by atoms with Crippen molar-refractivity contribution in [1.82, 2.24) is 5.32 Å².